The predicted molar refractivity (Wildman–Crippen MR) is 103 cm³/mol. The zero-order chi connectivity index (χ0) is 19.1. The molecule has 0 aliphatic carbocycles. The number of rotatable bonds is 7. The summed E-state index contributed by atoms with van der Waals surface area (Å²) in [5, 5.41) is 12.4. The van der Waals surface area contributed by atoms with Crippen molar-refractivity contribution in [2.24, 2.45) is 0 Å². The van der Waals surface area contributed by atoms with Crippen molar-refractivity contribution >= 4 is 23.2 Å². The van der Waals surface area contributed by atoms with Gasteiger partial charge in [-0.1, -0.05) is 30.7 Å². The van der Waals surface area contributed by atoms with Crippen LogP contribution in [-0.2, 0) is 4.79 Å². The fourth-order valence-corrected chi connectivity index (χ4v) is 2.90. The molecule has 0 aliphatic rings. The fraction of sp³-hybridized carbons (Fsp3) is 0.300. The molecule has 1 amide bonds. The molecule has 26 heavy (non-hydrogen) atoms. The van der Waals surface area contributed by atoms with E-state index in [1.807, 2.05) is 43.0 Å². The highest BCUT2D eigenvalue weighted by molar-refractivity contribution is 6.31. The Morgan fingerprint density at radius 2 is 2.12 bits per heavy atom. The van der Waals surface area contributed by atoms with Gasteiger partial charge in [0.15, 0.2) is 0 Å². The Labute approximate surface area is 159 Å². The number of methoxy groups -OCH3 is 1. The molecule has 0 aromatic heterocycles. The van der Waals surface area contributed by atoms with Crippen LogP contribution in [-0.4, -0.2) is 31.0 Å². The van der Waals surface area contributed by atoms with Crippen molar-refractivity contribution in [1.82, 2.24) is 4.90 Å². The molecule has 2 aromatic rings. The topological polar surface area (TPSA) is 65.4 Å². The maximum Gasteiger partial charge on any atom is 0.238 e. The van der Waals surface area contributed by atoms with Crippen molar-refractivity contribution in [3.05, 3.63) is 58.6 Å². The first kappa shape index (κ1) is 19.8. The average Bonchev–Trinajstić information content (AvgIpc) is 2.65. The smallest absolute Gasteiger partial charge is 0.238 e. The molecule has 0 radical (unpaired) electrons. The lowest BCUT2D eigenvalue weighted by Crippen LogP contribution is -2.35. The average molecular weight is 372 g/mol. The van der Waals surface area contributed by atoms with E-state index in [1.165, 1.54) is 0 Å². The Morgan fingerprint density at radius 1 is 1.35 bits per heavy atom. The van der Waals surface area contributed by atoms with E-state index in [-0.39, 0.29) is 18.5 Å². The number of ether oxygens (including phenoxy) is 1. The maximum atomic E-state index is 12.5. The largest absolute Gasteiger partial charge is 0.497 e. The number of carbonyl (C=O) groups is 1. The lowest BCUT2D eigenvalue weighted by atomic mass is 10.1. The van der Waals surface area contributed by atoms with Crippen molar-refractivity contribution in [3.8, 4) is 11.8 Å². The molecule has 6 heteroatoms. The number of nitriles is 1. The van der Waals surface area contributed by atoms with Gasteiger partial charge in [-0.3, -0.25) is 9.69 Å². The van der Waals surface area contributed by atoms with Crippen LogP contribution in [0.25, 0.3) is 0 Å². The first-order chi connectivity index (χ1) is 12.5. The number of nitrogens with one attached hydrogen (secondary N) is 1. The molecule has 0 spiro atoms. The molecule has 0 aliphatic heterocycles. The third-order valence-electron chi connectivity index (χ3n) is 4.25. The van der Waals surface area contributed by atoms with Crippen LogP contribution < -0.4 is 10.1 Å². The van der Waals surface area contributed by atoms with Gasteiger partial charge in [-0.25, -0.2) is 0 Å². The summed E-state index contributed by atoms with van der Waals surface area (Å²) in [5.41, 5.74) is 1.88. The standard InChI is InChI=1S/C20H22ClN3O2/c1-4-24(14(2)15-6-5-7-18(10-15)26-3)13-20(25)23-19-11-17(21)9-8-16(19)12-22/h5-11,14H,4,13H2,1-3H3,(H,23,25). The Kier molecular flexibility index (Phi) is 7.02. The lowest BCUT2D eigenvalue weighted by Gasteiger charge is -2.27. The highest BCUT2D eigenvalue weighted by Gasteiger charge is 2.18. The first-order valence-electron chi connectivity index (χ1n) is 8.36. The van der Waals surface area contributed by atoms with E-state index in [2.05, 4.69) is 11.4 Å². The Balaban J connectivity index is 2.10. The van der Waals surface area contributed by atoms with E-state index in [0.29, 0.717) is 22.8 Å². The van der Waals surface area contributed by atoms with Gasteiger partial charge in [-0.05, 0) is 49.4 Å². The summed E-state index contributed by atoms with van der Waals surface area (Å²) < 4.78 is 5.27. The van der Waals surface area contributed by atoms with Gasteiger partial charge in [0.2, 0.25) is 5.91 Å². The third-order valence-corrected chi connectivity index (χ3v) is 4.49. The van der Waals surface area contributed by atoms with E-state index in [1.54, 1.807) is 25.3 Å². The van der Waals surface area contributed by atoms with Gasteiger partial charge < -0.3 is 10.1 Å². The van der Waals surface area contributed by atoms with E-state index < -0.39 is 0 Å². The van der Waals surface area contributed by atoms with Crippen molar-refractivity contribution in [3.63, 3.8) is 0 Å². The minimum Gasteiger partial charge on any atom is -0.497 e. The molecular formula is C20H22ClN3O2. The van der Waals surface area contributed by atoms with Crippen molar-refractivity contribution in [2.45, 2.75) is 19.9 Å². The highest BCUT2D eigenvalue weighted by atomic mass is 35.5. The van der Waals surface area contributed by atoms with E-state index in [0.717, 1.165) is 11.3 Å². The minimum absolute atomic E-state index is 0.0376. The van der Waals surface area contributed by atoms with Crippen LogP contribution in [0.2, 0.25) is 5.02 Å². The summed E-state index contributed by atoms with van der Waals surface area (Å²) in [5.74, 6) is 0.591. The van der Waals surface area contributed by atoms with Gasteiger partial charge in [-0.2, -0.15) is 5.26 Å². The van der Waals surface area contributed by atoms with Gasteiger partial charge >= 0.3 is 0 Å². The van der Waals surface area contributed by atoms with Gasteiger partial charge in [0.25, 0.3) is 0 Å². The van der Waals surface area contributed by atoms with E-state index in [9.17, 15) is 4.79 Å². The summed E-state index contributed by atoms with van der Waals surface area (Å²) in [7, 11) is 1.63. The lowest BCUT2D eigenvalue weighted by molar-refractivity contribution is -0.117. The molecule has 2 rings (SSSR count). The molecule has 136 valence electrons. The van der Waals surface area contributed by atoms with Crippen LogP contribution in [0.15, 0.2) is 42.5 Å². The summed E-state index contributed by atoms with van der Waals surface area (Å²) in [6.45, 7) is 4.95. The molecule has 0 bridgehead atoms. The highest BCUT2D eigenvalue weighted by Crippen LogP contribution is 2.24. The molecule has 5 nitrogen and oxygen atoms in total. The zero-order valence-electron chi connectivity index (χ0n) is 15.1. The number of nitrogens with zero attached hydrogens (tertiary/aromatic N) is 2. The summed E-state index contributed by atoms with van der Waals surface area (Å²) in [6.07, 6.45) is 0. The second-order valence-corrected chi connectivity index (χ2v) is 6.30. The number of amides is 1. The molecule has 2 aromatic carbocycles. The van der Waals surface area contributed by atoms with Gasteiger partial charge in [0.1, 0.15) is 11.8 Å². The molecule has 1 N–H and O–H groups in total. The number of benzene rings is 2. The van der Waals surface area contributed by atoms with Crippen LogP contribution >= 0.6 is 11.6 Å². The van der Waals surface area contributed by atoms with Crippen LogP contribution in [0.4, 0.5) is 5.69 Å². The van der Waals surface area contributed by atoms with E-state index >= 15 is 0 Å². The van der Waals surface area contributed by atoms with Crippen LogP contribution in [0.3, 0.4) is 0 Å². The third kappa shape index (κ3) is 4.98. The SMILES string of the molecule is CCN(CC(=O)Nc1cc(Cl)ccc1C#N)C(C)c1cccc(OC)c1. The monoisotopic (exact) mass is 371 g/mol. The first-order valence-corrected chi connectivity index (χ1v) is 8.73. The molecule has 0 heterocycles. The van der Waals surface area contributed by atoms with E-state index in [4.69, 9.17) is 21.6 Å². The zero-order valence-corrected chi connectivity index (χ0v) is 15.9. The van der Waals surface area contributed by atoms with Gasteiger partial charge in [0.05, 0.1) is 24.9 Å². The number of hydrogen-bond donors (Lipinski definition) is 1. The van der Waals surface area contributed by atoms with Crippen LogP contribution in [0.1, 0.15) is 31.0 Å². The summed E-state index contributed by atoms with van der Waals surface area (Å²) >= 11 is 5.97. The normalized spacial score (nSPS) is 11.7. The summed E-state index contributed by atoms with van der Waals surface area (Å²) in [6, 6.07) is 14.7. The van der Waals surface area contributed by atoms with Gasteiger partial charge in [-0.15, -0.1) is 0 Å². The number of anilines is 1. The Hall–Kier alpha value is -2.55. The second-order valence-electron chi connectivity index (χ2n) is 5.87. The Morgan fingerprint density at radius 3 is 2.77 bits per heavy atom. The maximum absolute atomic E-state index is 12.5. The van der Waals surface area contributed by atoms with Crippen molar-refractivity contribution in [1.29, 1.82) is 5.26 Å². The molecule has 1 atom stereocenters. The predicted octanol–water partition coefficient (Wildman–Crippen LogP) is 4.24. The number of hydrogen-bond acceptors (Lipinski definition) is 4. The molecule has 1 unspecified atom stereocenters. The molecular weight excluding hydrogens is 350 g/mol. The Bertz CT molecular complexity index is 817. The van der Waals surface area contributed by atoms with Crippen LogP contribution in [0.5, 0.6) is 5.75 Å². The number of likely N-dealkylation sites (N-methyl/N-ethyl adjacent to an activating group) is 1. The minimum atomic E-state index is -0.194. The number of carbonyl (C=O) groups excluding carboxylic acids is 1. The fourth-order valence-electron chi connectivity index (χ4n) is 2.73. The van der Waals surface area contributed by atoms with Gasteiger partial charge in [0, 0.05) is 11.1 Å². The number of halogens is 1. The summed E-state index contributed by atoms with van der Waals surface area (Å²) in [4.78, 5) is 14.5. The quantitative estimate of drug-likeness (QED) is 0.790. The van der Waals surface area contributed by atoms with Crippen molar-refractivity contribution < 1.29 is 9.53 Å². The van der Waals surface area contributed by atoms with Crippen molar-refractivity contribution in [2.75, 3.05) is 25.5 Å². The molecule has 0 fully saturated rings. The second kappa shape index (κ2) is 9.23. The van der Waals surface area contributed by atoms with Crippen LogP contribution in [0, 0.1) is 11.3 Å². The molecule has 0 saturated heterocycles. The molecule has 0 saturated carbocycles.